The Hall–Kier alpha value is -2.22. The van der Waals surface area contributed by atoms with Gasteiger partial charge in [0.25, 0.3) is 5.91 Å². The molecule has 0 aliphatic carbocycles. The Labute approximate surface area is 211 Å². The lowest BCUT2D eigenvalue weighted by Gasteiger charge is -2.46. The van der Waals surface area contributed by atoms with Gasteiger partial charge in [-0.15, -0.1) is 0 Å². The molecule has 2 saturated heterocycles. The molecule has 8 heteroatoms. The van der Waals surface area contributed by atoms with Crippen LogP contribution in [0.4, 0.5) is 0 Å². The van der Waals surface area contributed by atoms with Crippen LogP contribution < -0.4 is 16.1 Å². The number of carbonyl (C=O) groups excluding carboxylic acids is 4. The molecule has 1 unspecified atom stereocenters. The summed E-state index contributed by atoms with van der Waals surface area (Å²) in [6.45, 7) is 10.4. The summed E-state index contributed by atoms with van der Waals surface area (Å²) in [5, 5.41) is 6.98. The third-order valence-corrected chi connectivity index (χ3v) is 6.72. The van der Waals surface area contributed by atoms with E-state index in [9.17, 15) is 19.2 Å². The molecule has 1 atom stereocenters. The molecule has 2 aliphatic rings. The summed E-state index contributed by atoms with van der Waals surface area (Å²) in [5.74, 6) is -3.41. The fraction of sp³-hybridized carbons (Fsp3) is 0.778. The molecule has 2 fully saturated rings. The van der Waals surface area contributed by atoms with Gasteiger partial charge in [0.15, 0.2) is 0 Å². The molecule has 0 radical (unpaired) electrons. The first-order chi connectivity index (χ1) is 16.4. The summed E-state index contributed by atoms with van der Waals surface area (Å²) in [6, 6.07) is -0.184. The first-order valence-electron chi connectivity index (χ1n) is 13.4. The predicted molar refractivity (Wildman–Crippen MR) is 137 cm³/mol. The van der Waals surface area contributed by atoms with E-state index in [2.05, 4.69) is 50.7 Å². The summed E-state index contributed by atoms with van der Waals surface area (Å²) in [6.07, 6.45) is 15.8. The summed E-state index contributed by atoms with van der Waals surface area (Å²) in [4.78, 5) is 49.9. The Bertz CT molecular complexity index is 774. The quantitative estimate of drug-likeness (QED) is 0.166. The highest BCUT2D eigenvalue weighted by atomic mass is 16.2. The van der Waals surface area contributed by atoms with Gasteiger partial charge in [0, 0.05) is 23.5 Å². The lowest BCUT2D eigenvalue weighted by Crippen LogP contribution is -2.63. The zero-order valence-electron chi connectivity index (χ0n) is 22.4. The predicted octanol–water partition coefficient (Wildman–Crippen LogP) is 3.91. The molecule has 3 N–H and O–H groups in total. The van der Waals surface area contributed by atoms with Crippen molar-refractivity contribution in [1.82, 2.24) is 21.1 Å². The molecule has 198 valence electrons. The zero-order valence-corrected chi connectivity index (χ0v) is 22.4. The molecule has 0 bridgehead atoms. The highest BCUT2D eigenvalue weighted by Gasteiger charge is 2.41. The van der Waals surface area contributed by atoms with Crippen molar-refractivity contribution in [2.24, 2.45) is 5.92 Å². The molecular formula is C27H46N4O4. The highest BCUT2D eigenvalue weighted by Crippen LogP contribution is 2.28. The number of unbranched alkanes of at least 4 members (excludes halogenated alkanes) is 8. The van der Waals surface area contributed by atoms with Crippen molar-refractivity contribution in [1.29, 1.82) is 0 Å². The van der Waals surface area contributed by atoms with Crippen LogP contribution in [0.5, 0.6) is 0 Å². The van der Waals surface area contributed by atoms with Gasteiger partial charge >= 0.3 is 11.8 Å². The number of nitrogens with zero attached hydrogens (tertiary/aromatic N) is 1. The molecule has 8 nitrogen and oxygen atoms in total. The Kier molecular flexibility index (Phi) is 10.9. The number of hydrogen-bond acceptors (Lipinski definition) is 5. The molecule has 0 aromatic heterocycles. The lowest BCUT2D eigenvalue weighted by molar-refractivity contribution is -0.151. The maximum atomic E-state index is 12.6. The monoisotopic (exact) mass is 490 g/mol. The van der Waals surface area contributed by atoms with Crippen molar-refractivity contribution in [3.8, 4) is 0 Å². The summed E-state index contributed by atoms with van der Waals surface area (Å²) in [5.41, 5.74) is 1.83. The van der Waals surface area contributed by atoms with E-state index in [1.165, 1.54) is 38.5 Å². The second-order valence-corrected chi connectivity index (χ2v) is 11.5. The van der Waals surface area contributed by atoms with Gasteiger partial charge in [-0.1, -0.05) is 64.0 Å². The Morgan fingerprint density at radius 2 is 1.51 bits per heavy atom. The number of hydrazine groups is 1. The molecule has 35 heavy (non-hydrogen) atoms. The Morgan fingerprint density at radius 3 is 2.11 bits per heavy atom. The first-order valence-corrected chi connectivity index (χ1v) is 13.4. The van der Waals surface area contributed by atoms with E-state index < -0.39 is 29.5 Å². The minimum absolute atomic E-state index is 0.00529. The zero-order chi connectivity index (χ0) is 26.1. The van der Waals surface area contributed by atoms with Gasteiger partial charge < -0.3 is 10.6 Å². The van der Waals surface area contributed by atoms with E-state index in [0.29, 0.717) is 17.9 Å². The third-order valence-electron chi connectivity index (χ3n) is 6.72. The molecule has 4 amide bonds. The summed E-state index contributed by atoms with van der Waals surface area (Å²) >= 11 is 0. The van der Waals surface area contributed by atoms with E-state index >= 15 is 0 Å². The van der Waals surface area contributed by atoms with Crippen molar-refractivity contribution in [3.63, 3.8) is 0 Å². The van der Waals surface area contributed by atoms with E-state index in [1.54, 1.807) is 6.08 Å². The van der Waals surface area contributed by atoms with E-state index in [1.807, 2.05) is 6.08 Å². The molecule has 0 spiro atoms. The third kappa shape index (κ3) is 9.74. The molecule has 2 heterocycles. The molecule has 0 saturated carbocycles. The molecule has 2 rings (SSSR count). The van der Waals surface area contributed by atoms with Crippen LogP contribution in [0.25, 0.3) is 0 Å². The van der Waals surface area contributed by atoms with Crippen LogP contribution in [0.2, 0.25) is 0 Å². The number of piperidine rings is 1. The Morgan fingerprint density at radius 1 is 0.943 bits per heavy atom. The average molecular weight is 491 g/mol. The van der Waals surface area contributed by atoms with Gasteiger partial charge in [-0.2, -0.15) is 5.01 Å². The second kappa shape index (κ2) is 13.2. The number of nitrogens with one attached hydrogen (secondary N) is 3. The van der Waals surface area contributed by atoms with Crippen molar-refractivity contribution < 1.29 is 19.2 Å². The van der Waals surface area contributed by atoms with E-state index in [4.69, 9.17) is 0 Å². The number of imide groups is 1. The van der Waals surface area contributed by atoms with Gasteiger partial charge in [0.2, 0.25) is 5.91 Å². The van der Waals surface area contributed by atoms with Crippen LogP contribution in [-0.2, 0) is 19.2 Å². The van der Waals surface area contributed by atoms with E-state index in [0.717, 1.165) is 19.3 Å². The first kappa shape index (κ1) is 29.0. The number of carbonyl (C=O) groups is 4. The standard InChI is InChI=1S/C27H46N4O4/c1-6-7-8-9-10-11-12-13-14-15-16-20-17-22(32)31(25(20)35)29-24(34)23(33)28-21-18-26(2,3)30-27(4,5)19-21/h15-16,20-21,30H,6-14,17-19H2,1-5H3,(H,28,33)(H,29,34). The van der Waals surface area contributed by atoms with Crippen LogP contribution >= 0.6 is 0 Å². The number of hydrogen-bond donors (Lipinski definition) is 3. The smallest absolute Gasteiger partial charge is 0.328 e. The minimum Gasteiger partial charge on any atom is -0.345 e. The lowest BCUT2D eigenvalue weighted by atomic mass is 9.79. The summed E-state index contributed by atoms with van der Waals surface area (Å²) < 4.78 is 0. The molecular weight excluding hydrogens is 444 g/mol. The van der Waals surface area contributed by atoms with Crippen molar-refractivity contribution in [3.05, 3.63) is 12.2 Å². The van der Waals surface area contributed by atoms with Crippen LogP contribution in [0.1, 0.15) is 112 Å². The van der Waals surface area contributed by atoms with Gasteiger partial charge in [0.05, 0.1) is 5.92 Å². The number of allylic oxidation sites excluding steroid dienone is 1. The fourth-order valence-electron chi connectivity index (χ4n) is 5.41. The van der Waals surface area contributed by atoms with E-state index in [-0.39, 0.29) is 23.5 Å². The Balaban J connectivity index is 1.74. The normalized spacial score (nSPS) is 22.1. The summed E-state index contributed by atoms with van der Waals surface area (Å²) in [7, 11) is 0. The van der Waals surface area contributed by atoms with Gasteiger partial charge in [0.1, 0.15) is 0 Å². The maximum absolute atomic E-state index is 12.6. The van der Waals surface area contributed by atoms with Crippen molar-refractivity contribution in [2.75, 3.05) is 0 Å². The van der Waals surface area contributed by atoms with Gasteiger partial charge in [-0.05, 0) is 53.4 Å². The van der Waals surface area contributed by atoms with Gasteiger partial charge in [-0.3, -0.25) is 19.2 Å². The average Bonchev–Trinajstić information content (AvgIpc) is 3.00. The van der Waals surface area contributed by atoms with Crippen LogP contribution in [0.15, 0.2) is 12.2 Å². The SMILES string of the molecule is CCCCCCCCCCC=CC1CC(=O)N(NC(=O)C(=O)NC2CC(C)(C)NC(C)(C)C2)C1=O. The van der Waals surface area contributed by atoms with Crippen LogP contribution in [0.3, 0.4) is 0 Å². The second-order valence-electron chi connectivity index (χ2n) is 11.5. The topological polar surface area (TPSA) is 108 Å². The van der Waals surface area contributed by atoms with Crippen molar-refractivity contribution >= 4 is 23.6 Å². The van der Waals surface area contributed by atoms with Crippen molar-refractivity contribution in [2.45, 2.75) is 129 Å². The fourth-order valence-corrected chi connectivity index (χ4v) is 5.41. The number of rotatable bonds is 12. The highest BCUT2D eigenvalue weighted by molar-refractivity contribution is 6.35. The molecule has 0 aromatic carbocycles. The van der Waals surface area contributed by atoms with Crippen LogP contribution in [-0.4, -0.2) is 45.8 Å². The van der Waals surface area contributed by atoms with Crippen LogP contribution in [0, 0.1) is 5.92 Å². The van der Waals surface area contributed by atoms with Gasteiger partial charge in [-0.25, -0.2) is 5.43 Å². The molecule has 0 aromatic rings. The minimum atomic E-state index is -0.996. The maximum Gasteiger partial charge on any atom is 0.328 e. The molecule has 2 aliphatic heterocycles. The number of amides is 4. The largest absolute Gasteiger partial charge is 0.345 e.